The van der Waals surface area contributed by atoms with Gasteiger partial charge in [0.25, 0.3) is 0 Å². The minimum Gasteiger partial charge on any atom is -0.386 e. The van der Waals surface area contributed by atoms with Crippen LogP contribution in [-0.2, 0) is 11.2 Å². The molecule has 0 aliphatic heterocycles. The van der Waals surface area contributed by atoms with E-state index < -0.39 is 0 Å². The summed E-state index contributed by atoms with van der Waals surface area (Å²) in [6.07, 6.45) is 0.358. The van der Waals surface area contributed by atoms with Crippen LogP contribution in [0.15, 0.2) is 29.3 Å². The van der Waals surface area contributed by atoms with Crippen LogP contribution in [0.1, 0.15) is 5.56 Å². The largest absolute Gasteiger partial charge is 0.386 e. The first-order chi connectivity index (χ1) is 8.02. The second-order valence-electron chi connectivity index (χ2n) is 3.87. The summed E-state index contributed by atoms with van der Waals surface area (Å²) in [5, 5.41) is 0. The molecule has 0 atom stereocenters. The molecule has 92 valence electrons. The van der Waals surface area contributed by atoms with Crippen LogP contribution in [-0.4, -0.2) is 36.6 Å². The van der Waals surface area contributed by atoms with Gasteiger partial charge in [-0.15, -0.1) is 11.6 Å². The fourth-order valence-electron chi connectivity index (χ4n) is 1.26. The molecule has 0 aromatic heterocycles. The van der Waals surface area contributed by atoms with Crippen LogP contribution in [0.2, 0.25) is 0 Å². The van der Waals surface area contributed by atoms with Gasteiger partial charge >= 0.3 is 0 Å². The summed E-state index contributed by atoms with van der Waals surface area (Å²) >= 11 is 5.55. The van der Waals surface area contributed by atoms with Crippen molar-refractivity contribution in [2.45, 2.75) is 6.42 Å². The molecule has 1 aromatic rings. The molecule has 0 radical (unpaired) electrons. The maximum atomic E-state index is 11.5. The summed E-state index contributed by atoms with van der Waals surface area (Å²) in [6, 6.07) is 7.39. The van der Waals surface area contributed by atoms with Gasteiger partial charge in [0.2, 0.25) is 5.91 Å². The number of amides is 1. The van der Waals surface area contributed by atoms with Gasteiger partial charge in [0.1, 0.15) is 5.84 Å². The highest BCUT2D eigenvalue weighted by Gasteiger charge is 2.05. The average Bonchev–Trinajstić information content (AvgIpc) is 2.29. The topological polar surface area (TPSA) is 58.7 Å². The Balaban J connectivity index is 2.83. The van der Waals surface area contributed by atoms with Crippen LogP contribution >= 0.6 is 11.6 Å². The lowest BCUT2D eigenvalue weighted by molar-refractivity contribution is -0.127. The third-order valence-electron chi connectivity index (χ3n) is 2.17. The Morgan fingerprint density at radius 1 is 1.47 bits per heavy atom. The van der Waals surface area contributed by atoms with E-state index in [4.69, 9.17) is 17.3 Å². The molecular weight excluding hydrogens is 238 g/mol. The summed E-state index contributed by atoms with van der Waals surface area (Å²) in [4.78, 5) is 17.2. The summed E-state index contributed by atoms with van der Waals surface area (Å²) in [7, 11) is 3.46. The standard InChI is InChI=1S/C12H16ClN3O/c1-16(2)12(17)7-9-4-3-5-10(6-9)15-11(14)8-13/h3-6H,7-8H2,1-2H3,(H2,14,15). The van der Waals surface area contributed by atoms with Crippen molar-refractivity contribution < 1.29 is 4.79 Å². The molecule has 0 aliphatic carbocycles. The predicted octanol–water partition coefficient (Wildman–Crippen LogP) is 1.54. The van der Waals surface area contributed by atoms with E-state index in [0.29, 0.717) is 17.9 Å². The van der Waals surface area contributed by atoms with Gasteiger partial charge in [0.05, 0.1) is 18.0 Å². The quantitative estimate of drug-likeness (QED) is 0.503. The zero-order valence-electron chi connectivity index (χ0n) is 9.98. The van der Waals surface area contributed by atoms with E-state index in [0.717, 1.165) is 5.56 Å². The number of hydrogen-bond acceptors (Lipinski definition) is 2. The number of hydrogen-bond donors (Lipinski definition) is 1. The molecule has 1 amide bonds. The number of carbonyl (C=O) groups is 1. The minimum absolute atomic E-state index is 0.0523. The summed E-state index contributed by atoms with van der Waals surface area (Å²) in [5.41, 5.74) is 7.17. The van der Waals surface area contributed by atoms with Crippen molar-refractivity contribution in [3.63, 3.8) is 0 Å². The molecule has 0 spiro atoms. The maximum Gasteiger partial charge on any atom is 0.226 e. The second-order valence-corrected chi connectivity index (χ2v) is 4.14. The van der Waals surface area contributed by atoms with E-state index in [-0.39, 0.29) is 11.8 Å². The molecule has 1 aromatic carbocycles. The van der Waals surface area contributed by atoms with Crippen molar-refractivity contribution in [3.05, 3.63) is 29.8 Å². The molecule has 17 heavy (non-hydrogen) atoms. The van der Waals surface area contributed by atoms with Gasteiger partial charge in [-0.05, 0) is 17.7 Å². The molecule has 0 heterocycles. The Labute approximate surface area is 106 Å². The molecule has 5 heteroatoms. The lowest BCUT2D eigenvalue weighted by Crippen LogP contribution is -2.23. The number of nitrogens with two attached hydrogens (primary N) is 1. The van der Waals surface area contributed by atoms with E-state index in [2.05, 4.69) is 4.99 Å². The SMILES string of the molecule is CN(C)C(=O)Cc1cccc(N=C(N)CCl)c1. The van der Waals surface area contributed by atoms with Crippen molar-refractivity contribution in [1.29, 1.82) is 0 Å². The van der Waals surface area contributed by atoms with Crippen LogP contribution in [0.25, 0.3) is 0 Å². The first-order valence-corrected chi connectivity index (χ1v) is 5.74. The van der Waals surface area contributed by atoms with Gasteiger partial charge in [-0.2, -0.15) is 0 Å². The first kappa shape index (κ1) is 13.5. The molecule has 0 bridgehead atoms. The number of nitrogens with zero attached hydrogens (tertiary/aromatic N) is 2. The highest BCUT2D eigenvalue weighted by Crippen LogP contribution is 2.15. The van der Waals surface area contributed by atoms with Gasteiger partial charge in [0.15, 0.2) is 0 Å². The lowest BCUT2D eigenvalue weighted by atomic mass is 10.1. The number of alkyl halides is 1. The van der Waals surface area contributed by atoms with Crippen molar-refractivity contribution in [2.24, 2.45) is 10.7 Å². The second kappa shape index (κ2) is 6.25. The summed E-state index contributed by atoms with van der Waals surface area (Å²) in [6.45, 7) is 0. The zero-order valence-corrected chi connectivity index (χ0v) is 10.7. The molecule has 2 N–H and O–H groups in total. The van der Waals surface area contributed by atoms with Gasteiger partial charge in [-0.3, -0.25) is 4.79 Å². The number of likely N-dealkylation sites (N-methyl/N-ethyl adjacent to an activating group) is 1. The molecule has 0 saturated heterocycles. The Morgan fingerprint density at radius 2 is 2.18 bits per heavy atom. The Morgan fingerprint density at radius 3 is 2.76 bits per heavy atom. The van der Waals surface area contributed by atoms with Crippen molar-refractivity contribution in [3.8, 4) is 0 Å². The predicted molar refractivity (Wildman–Crippen MR) is 70.8 cm³/mol. The molecule has 0 saturated carbocycles. The van der Waals surface area contributed by atoms with E-state index in [9.17, 15) is 4.79 Å². The van der Waals surface area contributed by atoms with Gasteiger partial charge in [-0.25, -0.2) is 4.99 Å². The van der Waals surface area contributed by atoms with E-state index in [1.807, 2.05) is 24.3 Å². The van der Waals surface area contributed by atoms with Crippen molar-refractivity contribution in [2.75, 3.05) is 20.0 Å². The highest BCUT2D eigenvalue weighted by atomic mass is 35.5. The maximum absolute atomic E-state index is 11.5. The molecule has 1 rings (SSSR count). The third-order valence-corrected chi connectivity index (χ3v) is 2.45. The molecule has 0 fully saturated rings. The molecule has 0 unspecified atom stereocenters. The minimum atomic E-state index is 0.0523. The number of carbonyl (C=O) groups excluding carboxylic acids is 1. The smallest absolute Gasteiger partial charge is 0.226 e. The first-order valence-electron chi connectivity index (χ1n) is 5.21. The van der Waals surface area contributed by atoms with E-state index in [1.165, 1.54) is 0 Å². The van der Waals surface area contributed by atoms with Crippen molar-refractivity contribution in [1.82, 2.24) is 4.90 Å². The van der Waals surface area contributed by atoms with Crippen molar-refractivity contribution >= 4 is 29.0 Å². The third kappa shape index (κ3) is 4.44. The fraction of sp³-hybridized carbons (Fsp3) is 0.333. The number of aliphatic imine (C=N–C) groups is 1. The molecular formula is C12H16ClN3O. The van der Waals surface area contributed by atoms with Gasteiger partial charge in [0, 0.05) is 14.1 Å². The number of benzene rings is 1. The molecule has 0 aliphatic rings. The monoisotopic (exact) mass is 253 g/mol. The van der Waals surface area contributed by atoms with Gasteiger partial charge < -0.3 is 10.6 Å². The highest BCUT2D eigenvalue weighted by molar-refractivity contribution is 6.28. The van der Waals surface area contributed by atoms with E-state index in [1.54, 1.807) is 19.0 Å². The fourth-order valence-corrected chi connectivity index (χ4v) is 1.32. The Bertz CT molecular complexity index is 430. The Hall–Kier alpha value is -1.55. The van der Waals surface area contributed by atoms with Crippen LogP contribution in [0.4, 0.5) is 5.69 Å². The molecule has 4 nitrogen and oxygen atoms in total. The number of amidine groups is 1. The Kier molecular flexibility index (Phi) is 4.97. The lowest BCUT2D eigenvalue weighted by Gasteiger charge is -2.10. The normalized spacial score (nSPS) is 11.4. The summed E-state index contributed by atoms with van der Waals surface area (Å²) < 4.78 is 0. The number of halogens is 1. The van der Waals surface area contributed by atoms with Gasteiger partial charge in [-0.1, -0.05) is 12.1 Å². The number of rotatable bonds is 4. The average molecular weight is 254 g/mol. The zero-order chi connectivity index (χ0) is 12.8. The van der Waals surface area contributed by atoms with E-state index >= 15 is 0 Å². The van der Waals surface area contributed by atoms with Crippen LogP contribution in [0, 0.1) is 0 Å². The van der Waals surface area contributed by atoms with Crippen LogP contribution < -0.4 is 5.73 Å². The van der Waals surface area contributed by atoms with Crippen LogP contribution in [0.5, 0.6) is 0 Å². The van der Waals surface area contributed by atoms with Crippen LogP contribution in [0.3, 0.4) is 0 Å². The summed E-state index contributed by atoms with van der Waals surface area (Å²) in [5.74, 6) is 0.611.